The monoisotopic (exact) mass is 390 g/mol. The summed E-state index contributed by atoms with van der Waals surface area (Å²) in [6.45, 7) is 2.29. The summed E-state index contributed by atoms with van der Waals surface area (Å²) >= 11 is 1.45. The lowest BCUT2D eigenvalue weighted by atomic mass is 10.3. The molecule has 0 unspecified atom stereocenters. The molecule has 0 atom stereocenters. The Kier molecular flexibility index (Phi) is 4.86. The van der Waals surface area contributed by atoms with Crippen molar-refractivity contribution in [2.75, 3.05) is 31.6 Å². The van der Waals surface area contributed by atoms with E-state index in [1.807, 2.05) is 12.1 Å². The van der Waals surface area contributed by atoms with E-state index in [0.29, 0.717) is 37.7 Å². The molecule has 1 N–H and O–H groups in total. The second-order valence-electron chi connectivity index (χ2n) is 5.87. The van der Waals surface area contributed by atoms with Crippen molar-refractivity contribution in [3.63, 3.8) is 0 Å². The van der Waals surface area contributed by atoms with Gasteiger partial charge in [-0.1, -0.05) is 11.3 Å². The van der Waals surface area contributed by atoms with Crippen LogP contribution in [0.3, 0.4) is 0 Å². The van der Waals surface area contributed by atoms with Crippen LogP contribution < -0.4 is 5.32 Å². The number of aromatic nitrogens is 2. The Balaban J connectivity index is 1.55. The first kappa shape index (κ1) is 17.3. The molecule has 4 rings (SSSR count). The van der Waals surface area contributed by atoms with Crippen LogP contribution in [0, 0.1) is 0 Å². The molecule has 1 aromatic carbocycles. The molecule has 1 saturated heterocycles. The van der Waals surface area contributed by atoms with E-state index in [2.05, 4.69) is 15.3 Å². The van der Waals surface area contributed by atoms with E-state index in [-0.39, 0.29) is 0 Å². The largest absolute Gasteiger partial charge is 0.379 e. The number of pyridine rings is 1. The van der Waals surface area contributed by atoms with Crippen LogP contribution in [0.25, 0.3) is 10.2 Å². The number of anilines is 1. The second-order valence-corrected chi connectivity index (χ2v) is 8.84. The van der Waals surface area contributed by atoms with Gasteiger partial charge in [-0.05, 0) is 35.9 Å². The third-order valence-corrected chi connectivity index (χ3v) is 7.03. The minimum atomic E-state index is -3.49. The lowest BCUT2D eigenvalue weighted by Crippen LogP contribution is -2.40. The molecular weight excluding hydrogens is 372 g/mol. The lowest BCUT2D eigenvalue weighted by Gasteiger charge is -2.25. The lowest BCUT2D eigenvalue weighted by molar-refractivity contribution is 0.0730. The predicted molar refractivity (Wildman–Crippen MR) is 101 cm³/mol. The van der Waals surface area contributed by atoms with Gasteiger partial charge in [0.2, 0.25) is 10.0 Å². The Morgan fingerprint density at radius 1 is 1.15 bits per heavy atom. The van der Waals surface area contributed by atoms with Crippen LogP contribution in [-0.4, -0.2) is 49.0 Å². The van der Waals surface area contributed by atoms with Crippen LogP contribution >= 0.6 is 11.3 Å². The Labute approximate surface area is 155 Å². The van der Waals surface area contributed by atoms with E-state index < -0.39 is 10.0 Å². The molecule has 0 amide bonds. The highest BCUT2D eigenvalue weighted by Crippen LogP contribution is 2.29. The molecule has 3 aromatic rings. The van der Waals surface area contributed by atoms with Gasteiger partial charge in [0.05, 0.1) is 28.3 Å². The zero-order valence-electron chi connectivity index (χ0n) is 14.0. The maximum atomic E-state index is 12.8. The highest BCUT2D eigenvalue weighted by molar-refractivity contribution is 7.89. The maximum Gasteiger partial charge on any atom is 0.243 e. The summed E-state index contributed by atoms with van der Waals surface area (Å²) in [7, 11) is -3.49. The van der Waals surface area contributed by atoms with Gasteiger partial charge in [-0.15, -0.1) is 0 Å². The number of benzene rings is 1. The van der Waals surface area contributed by atoms with Crippen LogP contribution in [-0.2, 0) is 21.3 Å². The number of thiazole rings is 1. The number of nitrogens with zero attached hydrogens (tertiary/aromatic N) is 3. The van der Waals surface area contributed by atoms with Crippen LogP contribution in [0.15, 0.2) is 47.6 Å². The minimum Gasteiger partial charge on any atom is -0.379 e. The predicted octanol–water partition coefficient (Wildman–Crippen LogP) is 2.32. The number of ether oxygens (including phenoxy) is 1. The van der Waals surface area contributed by atoms with Crippen LogP contribution in [0.5, 0.6) is 0 Å². The molecule has 1 aliphatic heterocycles. The molecule has 26 heavy (non-hydrogen) atoms. The van der Waals surface area contributed by atoms with Gasteiger partial charge in [-0.25, -0.2) is 13.4 Å². The number of rotatable bonds is 5. The normalized spacial score (nSPS) is 16.0. The molecule has 0 spiro atoms. The third kappa shape index (κ3) is 3.56. The fourth-order valence-electron chi connectivity index (χ4n) is 2.76. The van der Waals surface area contributed by atoms with Gasteiger partial charge in [0.1, 0.15) is 0 Å². The molecule has 7 nitrogen and oxygen atoms in total. The molecular formula is C17H18N4O3S2. The molecule has 1 fully saturated rings. The number of morpholine rings is 1. The quantitative estimate of drug-likeness (QED) is 0.720. The van der Waals surface area contributed by atoms with Gasteiger partial charge in [-0.2, -0.15) is 4.31 Å². The number of hydrogen-bond acceptors (Lipinski definition) is 7. The fourth-order valence-corrected chi connectivity index (χ4v) is 5.17. The summed E-state index contributed by atoms with van der Waals surface area (Å²) in [4.78, 5) is 8.83. The van der Waals surface area contributed by atoms with Crippen molar-refractivity contribution >= 4 is 36.7 Å². The summed E-state index contributed by atoms with van der Waals surface area (Å²) in [6.07, 6.45) is 3.50. The molecule has 0 aliphatic carbocycles. The molecule has 0 bridgehead atoms. The van der Waals surface area contributed by atoms with Gasteiger partial charge in [-0.3, -0.25) is 4.98 Å². The first-order chi connectivity index (χ1) is 12.6. The summed E-state index contributed by atoms with van der Waals surface area (Å²) in [5.41, 5.74) is 1.89. The van der Waals surface area contributed by atoms with Crippen molar-refractivity contribution in [1.29, 1.82) is 0 Å². The molecule has 9 heteroatoms. The van der Waals surface area contributed by atoms with Crippen LogP contribution in [0.1, 0.15) is 5.56 Å². The van der Waals surface area contributed by atoms with Crippen molar-refractivity contribution in [3.8, 4) is 0 Å². The van der Waals surface area contributed by atoms with Gasteiger partial charge in [0.25, 0.3) is 0 Å². The maximum absolute atomic E-state index is 12.8. The smallest absolute Gasteiger partial charge is 0.243 e. The standard InChI is InChI=1S/C17H18N4O3S2/c22-26(23,21-7-9-24-10-8-21)14-1-2-15-16(11-14)25-17(20-15)19-12-13-3-5-18-6-4-13/h1-6,11H,7-10,12H2,(H,19,20). The number of hydrogen-bond donors (Lipinski definition) is 1. The number of sulfonamides is 1. The number of nitrogens with one attached hydrogen (secondary N) is 1. The van der Waals surface area contributed by atoms with E-state index in [0.717, 1.165) is 20.9 Å². The molecule has 2 aromatic heterocycles. The highest BCUT2D eigenvalue weighted by atomic mass is 32.2. The molecule has 3 heterocycles. The number of fused-ring (bicyclic) bond motifs is 1. The van der Waals surface area contributed by atoms with Gasteiger partial charge < -0.3 is 10.1 Å². The summed E-state index contributed by atoms with van der Waals surface area (Å²) in [5.74, 6) is 0. The van der Waals surface area contributed by atoms with Gasteiger partial charge in [0.15, 0.2) is 5.13 Å². The van der Waals surface area contributed by atoms with E-state index in [4.69, 9.17) is 4.74 Å². The Morgan fingerprint density at radius 2 is 1.92 bits per heavy atom. The Hall–Kier alpha value is -2.07. The van der Waals surface area contributed by atoms with Crippen molar-refractivity contribution < 1.29 is 13.2 Å². The zero-order chi connectivity index (χ0) is 18.0. The van der Waals surface area contributed by atoms with E-state index >= 15 is 0 Å². The Bertz CT molecular complexity index is 999. The summed E-state index contributed by atoms with van der Waals surface area (Å²) in [6, 6.07) is 8.96. The topological polar surface area (TPSA) is 84.4 Å². The molecule has 1 aliphatic rings. The van der Waals surface area contributed by atoms with Crippen molar-refractivity contribution in [2.45, 2.75) is 11.4 Å². The highest BCUT2D eigenvalue weighted by Gasteiger charge is 2.26. The van der Waals surface area contributed by atoms with Crippen molar-refractivity contribution in [2.24, 2.45) is 0 Å². The first-order valence-electron chi connectivity index (χ1n) is 8.24. The Morgan fingerprint density at radius 3 is 2.69 bits per heavy atom. The molecule has 0 saturated carbocycles. The fraction of sp³-hybridized carbons (Fsp3) is 0.294. The van der Waals surface area contributed by atoms with E-state index in [1.165, 1.54) is 15.6 Å². The van der Waals surface area contributed by atoms with E-state index in [1.54, 1.807) is 30.6 Å². The van der Waals surface area contributed by atoms with Crippen LogP contribution in [0.4, 0.5) is 5.13 Å². The van der Waals surface area contributed by atoms with Crippen molar-refractivity contribution in [1.82, 2.24) is 14.3 Å². The molecule has 136 valence electrons. The van der Waals surface area contributed by atoms with Gasteiger partial charge >= 0.3 is 0 Å². The van der Waals surface area contributed by atoms with Gasteiger partial charge in [0, 0.05) is 32.0 Å². The van der Waals surface area contributed by atoms with E-state index in [9.17, 15) is 8.42 Å². The van der Waals surface area contributed by atoms with Crippen molar-refractivity contribution in [3.05, 3.63) is 48.3 Å². The zero-order valence-corrected chi connectivity index (χ0v) is 15.6. The first-order valence-corrected chi connectivity index (χ1v) is 10.5. The minimum absolute atomic E-state index is 0.302. The summed E-state index contributed by atoms with van der Waals surface area (Å²) in [5, 5.41) is 4.04. The average Bonchev–Trinajstić information content (AvgIpc) is 3.10. The SMILES string of the molecule is O=S(=O)(c1ccc2nc(NCc3ccncc3)sc2c1)N1CCOCC1. The summed E-state index contributed by atoms with van der Waals surface area (Å²) < 4.78 is 33.1. The average molecular weight is 390 g/mol. The molecule has 0 radical (unpaired) electrons. The third-order valence-electron chi connectivity index (χ3n) is 4.16. The van der Waals surface area contributed by atoms with Crippen LogP contribution in [0.2, 0.25) is 0 Å². The second kappa shape index (κ2) is 7.28.